The van der Waals surface area contributed by atoms with Gasteiger partial charge in [0.2, 0.25) is 5.91 Å². The Bertz CT molecular complexity index is 1050. The van der Waals surface area contributed by atoms with Crippen LogP contribution in [0.2, 0.25) is 0 Å². The molecule has 0 unspecified atom stereocenters. The smallest absolute Gasteiger partial charge is 0.339 e. The molecule has 0 radical (unpaired) electrons. The highest BCUT2D eigenvalue weighted by Crippen LogP contribution is 2.31. The molecule has 6 heteroatoms. The SMILES string of the molecule is O=C1O[C@@H](c2ccccc2)Cc2cc(C(=O)N3CCC(C(=O)N4CCCCCC4)CC3)ccc21. The van der Waals surface area contributed by atoms with Gasteiger partial charge >= 0.3 is 5.97 Å². The Morgan fingerprint density at radius 3 is 2.24 bits per heavy atom. The van der Waals surface area contributed by atoms with Crippen molar-refractivity contribution in [3.8, 4) is 0 Å². The summed E-state index contributed by atoms with van der Waals surface area (Å²) in [5.74, 6) is -0.0825. The van der Waals surface area contributed by atoms with E-state index >= 15 is 0 Å². The van der Waals surface area contributed by atoms with Gasteiger partial charge in [0.05, 0.1) is 5.56 Å². The minimum atomic E-state index is -0.345. The lowest BCUT2D eigenvalue weighted by Gasteiger charge is -2.34. The zero-order chi connectivity index (χ0) is 23.5. The number of carbonyl (C=O) groups is 3. The van der Waals surface area contributed by atoms with E-state index in [2.05, 4.69) is 0 Å². The van der Waals surface area contributed by atoms with Crippen molar-refractivity contribution in [2.45, 2.75) is 51.0 Å². The van der Waals surface area contributed by atoms with Crippen molar-refractivity contribution in [3.63, 3.8) is 0 Å². The number of piperidine rings is 1. The van der Waals surface area contributed by atoms with Gasteiger partial charge in [-0.2, -0.15) is 0 Å². The molecule has 6 nitrogen and oxygen atoms in total. The predicted octanol–water partition coefficient (Wildman–Crippen LogP) is 4.40. The highest BCUT2D eigenvalue weighted by Gasteiger charge is 2.32. The largest absolute Gasteiger partial charge is 0.454 e. The van der Waals surface area contributed by atoms with Crippen LogP contribution in [0, 0.1) is 5.92 Å². The summed E-state index contributed by atoms with van der Waals surface area (Å²) in [6, 6.07) is 15.0. The summed E-state index contributed by atoms with van der Waals surface area (Å²) in [5, 5.41) is 0. The average molecular weight is 461 g/mol. The fraction of sp³-hybridized carbons (Fsp3) is 0.464. The van der Waals surface area contributed by atoms with Gasteiger partial charge in [-0.25, -0.2) is 4.79 Å². The summed E-state index contributed by atoms with van der Waals surface area (Å²) in [6.07, 6.45) is 6.26. The second-order valence-corrected chi connectivity index (χ2v) is 9.69. The quantitative estimate of drug-likeness (QED) is 0.637. The summed E-state index contributed by atoms with van der Waals surface area (Å²) in [6.45, 7) is 2.93. The van der Waals surface area contributed by atoms with Crippen molar-refractivity contribution in [2.75, 3.05) is 26.2 Å². The zero-order valence-corrected chi connectivity index (χ0v) is 19.6. The molecule has 3 aliphatic heterocycles. The molecule has 0 N–H and O–H groups in total. The van der Waals surface area contributed by atoms with E-state index in [0.717, 1.165) is 37.1 Å². The maximum absolute atomic E-state index is 13.3. The first-order valence-corrected chi connectivity index (χ1v) is 12.6. The van der Waals surface area contributed by atoms with Gasteiger partial charge in [-0.1, -0.05) is 43.2 Å². The molecule has 178 valence electrons. The lowest BCUT2D eigenvalue weighted by Crippen LogP contribution is -2.44. The third-order valence-electron chi connectivity index (χ3n) is 7.45. The number of hydrogen-bond acceptors (Lipinski definition) is 4. The second-order valence-electron chi connectivity index (χ2n) is 9.69. The molecule has 0 aromatic heterocycles. The summed E-state index contributed by atoms with van der Waals surface area (Å²) >= 11 is 0. The Balaban J connectivity index is 1.24. The number of ether oxygens (including phenoxy) is 1. The van der Waals surface area contributed by atoms with Crippen LogP contribution in [0.1, 0.15) is 76.5 Å². The van der Waals surface area contributed by atoms with Gasteiger partial charge in [0.15, 0.2) is 0 Å². The molecule has 0 bridgehead atoms. The van der Waals surface area contributed by atoms with Crippen LogP contribution in [0.15, 0.2) is 48.5 Å². The van der Waals surface area contributed by atoms with Gasteiger partial charge in [-0.15, -0.1) is 0 Å². The number of benzene rings is 2. The van der Waals surface area contributed by atoms with Gasteiger partial charge in [0, 0.05) is 44.1 Å². The summed E-state index contributed by atoms with van der Waals surface area (Å²) < 4.78 is 5.64. The first kappa shape index (κ1) is 22.6. The third kappa shape index (κ3) is 4.72. The fourth-order valence-corrected chi connectivity index (χ4v) is 5.44. The van der Waals surface area contributed by atoms with Crippen molar-refractivity contribution in [1.82, 2.24) is 9.80 Å². The van der Waals surface area contributed by atoms with Crippen LogP contribution < -0.4 is 0 Å². The number of esters is 1. The normalized spacial score (nSPS) is 21.4. The maximum Gasteiger partial charge on any atom is 0.339 e. The zero-order valence-electron chi connectivity index (χ0n) is 19.6. The molecule has 2 amide bonds. The number of amides is 2. The number of rotatable bonds is 3. The van der Waals surface area contributed by atoms with E-state index in [1.165, 1.54) is 12.8 Å². The Labute approximate surface area is 200 Å². The lowest BCUT2D eigenvalue weighted by molar-refractivity contribution is -0.136. The summed E-state index contributed by atoms with van der Waals surface area (Å²) in [7, 11) is 0. The molecular weight excluding hydrogens is 428 g/mol. The average Bonchev–Trinajstić information content (AvgIpc) is 3.18. The standard InChI is InChI=1S/C28H32N2O4/c31-26(29-14-6-1-2-7-15-29)21-12-16-30(17-13-21)27(32)22-10-11-24-23(18-22)19-25(34-28(24)33)20-8-4-3-5-9-20/h3-5,8-11,18,21,25H,1-2,6-7,12-17,19H2/t25-/m1/s1. The Hall–Kier alpha value is -3.15. The molecule has 34 heavy (non-hydrogen) atoms. The van der Waals surface area contributed by atoms with E-state index in [1.54, 1.807) is 12.1 Å². The number of fused-ring (bicyclic) bond motifs is 1. The molecule has 1 atom stereocenters. The van der Waals surface area contributed by atoms with Crippen molar-refractivity contribution in [1.29, 1.82) is 0 Å². The fourth-order valence-electron chi connectivity index (χ4n) is 5.44. The van der Waals surface area contributed by atoms with E-state index in [9.17, 15) is 14.4 Å². The molecule has 2 aromatic carbocycles. The first-order valence-electron chi connectivity index (χ1n) is 12.6. The lowest BCUT2D eigenvalue weighted by atomic mass is 9.92. The van der Waals surface area contributed by atoms with Crippen molar-refractivity contribution >= 4 is 17.8 Å². The highest BCUT2D eigenvalue weighted by molar-refractivity contribution is 5.98. The number of carbonyl (C=O) groups excluding carboxylic acids is 3. The molecule has 2 aromatic rings. The minimum Gasteiger partial charge on any atom is -0.454 e. The molecule has 2 fully saturated rings. The highest BCUT2D eigenvalue weighted by atomic mass is 16.5. The van der Waals surface area contributed by atoms with Crippen LogP contribution in [0.5, 0.6) is 0 Å². The molecule has 0 saturated carbocycles. The van der Waals surface area contributed by atoms with Crippen LogP contribution in [0.25, 0.3) is 0 Å². The molecule has 2 saturated heterocycles. The Morgan fingerprint density at radius 2 is 1.53 bits per heavy atom. The topological polar surface area (TPSA) is 66.9 Å². The number of likely N-dealkylation sites (tertiary alicyclic amines) is 2. The molecular formula is C28H32N2O4. The van der Waals surface area contributed by atoms with E-state index in [-0.39, 0.29) is 29.8 Å². The predicted molar refractivity (Wildman–Crippen MR) is 128 cm³/mol. The maximum atomic E-state index is 13.3. The van der Waals surface area contributed by atoms with Gasteiger partial charge in [0.1, 0.15) is 6.10 Å². The van der Waals surface area contributed by atoms with Crippen LogP contribution >= 0.6 is 0 Å². The van der Waals surface area contributed by atoms with E-state index in [1.807, 2.05) is 46.2 Å². The van der Waals surface area contributed by atoms with Crippen molar-refractivity contribution in [3.05, 3.63) is 70.8 Å². The second kappa shape index (κ2) is 10.00. The van der Waals surface area contributed by atoms with Gasteiger partial charge in [-0.3, -0.25) is 9.59 Å². The monoisotopic (exact) mass is 460 g/mol. The molecule has 0 aliphatic carbocycles. The van der Waals surface area contributed by atoms with Crippen molar-refractivity contribution < 1.29 is 19.1 Å². The first-order chi connectivity index (χ1) is 16.6. The number of nitrogens with zero attached hydrogens (tertiary/aromatic N) is 2. The minimum absolute atomic E-state index is 0.0204. The molecule has 0 spiro atoms. The van der Waals surface area contributed by atoms with E-state index in [4.69, 9.17) is 4.74 Å². The van der Waals surface area contributed by atoms with Gasteiger partial charge < -0.3 is 14.5 Å². The summed E-state index contributed by atoms with van der Waals surface area (Å²) in [5.41, 5.74) is 2.93. The Morgan fingerprint density at radius 1 is 0.824 bits per heavy atom. The van der Waals surface area contributed by atoms with Crippen molar-refractivity contribution in [2.24, 2.45) is 5.92 Å². The van der Waals surface area contributed by atoms with Crippen LogP contribution in [-0.4, -0.2) is 53.8 Å². The third-order valence-corrected chi connectivity index (χ3v) is 7.45. The molecule has 3 heterocycles. The Kier molecular flexibility index (Phi) is 6.66. The van der Waals surface area contributed by atoms with Crippen LogP contribution in [0.4, 0.5) is 0 Å². The number of cyclic esters (lactones) is 1. The molecule has 3 aliphatic rings. The van der Waals surface area contributed by atoms with Gasteiger partial charge in [0.25, 0.3) is 5.91 Å². The van der Waals surface area contributed by atoms with Crippen LogP contribution in [-0.2, 0) is 16.0 Å². The van der Waals surface area contributed by atoms with Gasteiger partial charge in [-0.05, 0) is 55.0 Å². The van der Waals surface area contributed by atoms with E-state index < -0.39 is 0 Å². The number of hydrogen-bond donors (Lipinski definition) is 0. The van der Waals surface area contributed by atoms with Crippen LogP contribution in [0.3, 0.4) is 0 Å². The summed E-state index contributed by atoms with van der Waals surface area (Å²) in [4.78, 5) is 42.7. The molecule has 5 rings (SSSR count). The van der Waals surface area contributed by atoms with E-state index in [0.29, 0.717) is 43.5 Å².